The molecule has 1 fully saturated rings. The highest BCUT2D eigenvalue weighted by Crippen LogP contribution is 2.31. The summed E-state index contributed by atoms with van der Waals surface area (Å²) in [5, 5.41) is 2.80. The lowest BCUT2D eigenvalue weighted by Gasteiger charge is -2.30. The van der Waals surface area contributed by atoms with Crippen LogP contribution in [0.3, 0.4) is 0 Å². The number of nitrogens with one attached hydrogen (secondary N) is 2. The first-order valence-corrected chi connectivity index (χ1v) is 13.6. The van der Waals surface area contributed by atoms with Crippen LogP contribution < -0.4 is 19.5 Å². The predicted molar refractivity (Wildman–Crippen MR) is 114 cm³/mol. The van der Waals surface area contributed by atoms with Crippen LogP contribution in [0.15, 0.2) is 23.1 Å². The molecule has 0 spiro atoms. The number of fused-ring (bicyclic) bond motifs is 1. The van der Waals surface area contributed by atoms with Crippen LogP contribution >= 0.6 is 0 Å². The summed E-state index contributed by atoms with van der Waals surface area (Å²) in [4.78, 5) is 12.1. The number of amides is 1. The van der Waals surface area contributed by atoms with Gasteiger partial charge in [0.1, 0.15) is 0 Å². The maximum atomic E-state index is 12.5. The second kappa shape index (κ2) is 10.2. The third-order valence-corrected chi connectivity index (χ3v) is 8.07. The van der Waals surface area contributed by atoms with E-state index >= 15 is 0 Å². The molecule has 2 aliphatic heterocycles. The highest BCUT2D eigenvalue weighted by molar-refractivity contribution is 7.89. The van der Waals surface area contributed by atoms with Crippen LogP contribution in [0.25, 0.3) is 0 Å². The lowest BCUT2D eigenvalue weighted by atomic mass is 9.98. The van der Waals surface area contributed by atoms with Gasteiger partial charge in [0.25, 0.3) is 0 Å². The highest BCUT2D eigenvalue weighted by atomic mass is 32.2. The Bertz CT molecular complexity index is 988. The fourth-order valence-corrected chi connectivity index (χ4v) is 5.41. The SMILES string of the molecule is CS(=O)(=O)N1CCC(CNC(=O)CCNS(=O)(=O)c2ccc3c(c2)OCCCO3)CC1. The van der Waals surface area contributed by atoms with E-state index in [1.54, 1.807) is 6.07 Å². The molecule has 0 unspecified atom stereocenters. The van der Waals surface area contributed by atoms with Gasteiger partial charge in [0, 0.05) is 45.1 Å². The molecule has 12 heteroatoms. The van der Waals surface area contributed by atoms with E-state index in [0.717, 1.165) is 6.42 Å². The molecule has 2 heterocycles. The van der Waals surface area contributed by atoms with Gasteiger partial charge in [-0.3, -0.25) is 4.79 Å². The third-order valence-electron chi connectivity index (χ3n) is 5.30. The molecule has 3 rings (SSSR count). The van der Waals surface area contributed by atoms with Crippen LogP contribution in [-0.4, -0.2) is 72.7 Å². The number of sulfonamides is 2. The Hall–Kier alpha value is -1.89. The molecule has 1 saturated heterocycles. The average Bonchev–Trinajstić information content (AvgIpc) is 2.96. The summed E-state index contributed by atoms with van der Waals surface area (Å²) in [5.41, 5.74) is 0. The van der Waals surface area contributed by atoms with E-state index in [9.17, 15) is 21.6 Å². The molecule has 0 radical (unpaired) electrons. The smallest absolute Gasteiger partial charge is 0.240 e. The van der Waals surface area contributed by atoms with E-state index in [2.05, 4.69) is 10.0 Å². The van der Waals surface area contributed by atoms with Crippen LogP contribution in [-0.2, 0) is 24.8 Å². The van der Waals surface area contributed by atoms with Crippen molar-refractivity contribution >= 4 is 26.0 Å². The minimum atomic E-state index is -3.78. The largest absolute Gasteiger partial charge is 0.490 e. The number of carbonyl (C=O) groups is 1. The van der Waals surface area contributed by atoms with Gasteiger partial charge in [0.15, 0.2) is 11.5 Å². The molecule has 1 aromatic rings. The van der Waals surface area contributed by atoms with Gasteiger partial charge in [0.05, 0.1) is 24.4 Å². The Kier molecular flexibility index (Phi) is 7.78. The second-order valence-corrected chi connectivity index (χ2v) is 11.5. The molecular formula is C19H29N3O7S2. The van der Waals surface area contributed by atoms with Crippen molar-refractivity contribution in [2.75, 3.05) is 45.6 Å². The quantitative estimate of drug-likeness (QED) is 0.553. The molecule has 174 valence electrons. The number of ether oxygens (including phenoxy) is 2. The summed E-state index contributed by atoms with van der Waals surface area (Å²) < 4.78 is 63.0. The summed E-state index contributed by atoms with van der Waals surface area (Å²) >= 11 is 0. The number of hydrogen-bond acceptors (Lipinski definition) is 7. The van der Waals surface area contributed by atoms with Gasteiger partial charge in [0.2, 0.25) is 26.0 Å². The molecule has 0 aromatic heterocycles. The summed E-state index contributed by atoms with van der Waals surface area (Å²) in [7, 11) is -6.96. The van der Waals surface area contributed by atoms with Gasteiger partial charge in [-0.2, -0.15) is 0 Å². The summed E-state index contributed by atoms with van der Waals surface area (Å²) in [6.07, 6.45) is 3.30. The normalized spacial score (nSPS) is 18.4. The van der Waals surface area contributed by atoms with E-state index in [1.807, 2.05) is 0 Å². The molecule has 31 heavy (non-hydrogen) atoms. The minimum Gasteiger partial charge on any atom is -0.490 e. The van der Waals surface area contributed by atoms with Crippen LogP contribution in [0.4, 0.5) is 0 Å². The number of rotatable bonds is 8. The maximum absolute atomic E-state index is 12.5. The van der Waals surface area contributed by atoms with Crippen molar-refractivity contribution in [2.45, 2.75) is 30.6 Å². The molecule has 0 aliphatic carbocycles. The number of nitrogens with zero attached hydrogens (tertiary/aromatic N) is 1. The van der Waals surface area contributed by atoms with E-state index in [0.29, 0.717) is 57.2 Å². The topological polar surface area (TPSA) is 131 Å². The number of hydrogen-bond donors (Lipinski definition) is 2. The van der Waals surface area contributed by atoms with Crippen molar-refractivity contribution in [3.05, 3.63) is 18.2 Å². The standard InChI is InChI=1S/C19H29N3O7S2/c1-30(24,25)22-9-6-15(7-10-22)14-20-19(23)5-8-21-31(26,27)16-3-4-17-18(13-16)29-12-2-11-28-17/h3-4,13,15,21H,2,5-12,14H2,1H3,(H,20,23). The zero-order valence-electron chi connectivity index (χ0n) is 17.5. The van der Waals surface area contributed by atoms with Crippen molar-refractivity contribution in [1.82, 2.24) is 14.3 Å². The fraction of sp³-hybridized carbons (Fsp3) is 0.632. The molecule has 2 N–H and O–H groups in total. The zero-order chi connectivity index (χ0) is 22.5. The molecule has 2 aliphatic rings. The van der Waals surface area contributed by atoms with Gasteiger partial charge in [-0.1, -0.05) is 0 Å². The Morgan fingerprint density at radius 3 is 2.45 bits per heavy atom. The van der Waals surface area contributed by atoms with Crippen molar-refractivity contribution in [3.8, 4) is 11.5 Å². The average molecular weight is 476 g/mol. The molecular weight excluding hydrogens is 446 g/mol. The Balaban J connectivity index is 1.41. The van der Waals surface area contributed by atoms with Gasteiger partial charge < -0.3 is 14.8 Å². The van der Waals surface area contributed by atoms with E-state index < -0.39 is 20.0 Å². The molecule has 10 nitrogen and oxygen atoms in total. The number of benzene rings is 1. The first-order chi connectivity index (χ1) is 14.6. The summed E-state index contributed by atoms with van der Waals surface area (Å²) in [6, 6.07) is 4.43. The highest BCUT2D eigenvalue weighted by Gasteiger charge is 2.25. The maximum Gasteiger partial charge on any atom is 0.240 e. The van der Waals surface area contributed by atoms with Crippen LogP contribution in [0, 0.1) is 5.92 Å². The third kappa shape index (κ3) is 6.79. The molecule has 1 amide bonds. The van der Waals surface area contributed by atoms with Crippen LogP contribution in [0.1, 0.15) is 25.7 Å². The fourth-order valence-electron chi connectivity index (χ4n) is 3.48. The van der Waals surface area contributed by atoms with E-state index in [4.69, 9.17) is 9.47 Å². The van der Waals surface area contributed by atoms with Gasteiger partial charge in [-0.15, -0.1) is 0 Å². The molecule has 0 saturated carbocycles. The summed E-state index contributed by atoms with van der Waals surface area (Å²) in [6.45, 7) is 2.30. The number of carbonyl (C=O) groups excluding carboxylic acids is 1. The van der Waals surface area contributed by atoms with Crippen molar-refractivity contribution < 1.29 is 31.1 Å². The van der Waals surface area contributed by atoms with Gasteiger partial charge in [-0.25, -0.2) is 25.9 Å². The molecule has 1 aromatic carbocycles. The lowest BCUT2D eigenvalue weighted by Crippen LogP contribution is -2.41. The lowest BCUT2D eigenvalue weighted by molar-refractivity contribution is -0.121. The molecule has 0 bridgehead atoms. The van der Waals surface area contributed by atoms with Gasteiger partial charge in [-0.05, 0) is 30.9 Å². The van der Waals surface area contributed by atoms with Gasteiger partial charge >= 0.3 is 0 Å². The van der Waals surface area contributed by atoms with Crippen molar-refractivity contribution in [2.24, 2.45) is 5.92 Å². The zero-order valence-corrected chi connectivity index (χ0v) is 19.1. The Morgan fingerprint density at radius 2 is 1.77 bits per heavy atom. The summed E-state index contributed by atoms with van der Waals surface area (Å²) in [5.74, 6) is 0.852. The van der Waals surface area contributed by atoms with Crippen molar-refractivity contribution in [3.63, 3.8) is 0 Å². The van der Waals surface area contributed by atoms with Crippen LogP contribution in [0.2, 0.25) is 0 Å². The van der Waals surface area contributed by atoms with E-state index in [-0.39, 0.29) is 29.7 Å². The molecule has 0 atom stereocenters. The van der Waals surface area contributed by atoms with E-state index in [1.165, 1.54) is 22.7 Å². The minimum absolute atomic E-state index is 0.00592. The second-order valence-electron chi connectivity index (χ2n) is 7.72. The number of piperidine rings is 1. The Labute approximate surface area is 183 Å². The monoisotopic (exact) mass is 475 g/mol. The Morgan fingerprint density at radius 1 is 1.10 bits per heavy atom. The first-order valence-electron chi connectivity index (χ1n) is 10.3. The predicted octanol–water partition coefficient (Wildman–Crippen LogP) is 0.304. The van der Waals surface area contributed by atoms with Crippen molar-refractivity contribution in [1.29, 1.82) is 0 Å². The van der Waals surface area contributed by atoms with Crippen LogP contribution in [0.5, 0.6) is 11.5 Å². The first kappa shape index (κ1) is 23.8.